The van der Waals surface area contributed by atoms with Gasteiger partial charge >= 0.3 is 0 Å². The van der Waals surface area contributed by atoms with Gasteiger partial charge in [-0.1, -0.05) is 19.3 Å². The zero-order valence-electron chi connectivity index (χ0n) is 9.71. The van der Waals surface area contributed by atoms with Gasteiger partial charge in [-0.2, -0.15) is 0 Å². The summed E-state index contributed by atoms with van der Waals surface area (Å²) in [5.74, 6) is 0.0889. The first-order valence-corrected chi connectivity index (χ1v) is 6.24. The number of carbonyl (C=O) groups excluding carboxylic acids is 2. The molecule has 0 unspecified atom stereocenters. The second-order valence-electron chi connectivity index (χ2n) is 5.01. The number of likely N-dealkylation sites (tertiary alicyclic amines) is 1. The van der Waals surface area contributed by atoms with Gasteiger partial charge in [0.15, 0.2) is 0 Å². The van der Waals surface area contributed by atoms with Crippen molar-refractivity contribution in [3.05, 3.63) is 0 Å². The van der Waals surface area contributed by atoms with Crippen LogP contribution in [0.4, 0.5) is 0 Å². The lowest BCUT2D eigenvalue weighted by atomic mass is 9.73. The summed E-state index contributed by atoms with van der Waals surface area (Å²) in [5, 5.41) is 0. The molecule has 4 nitrogen and oxygen atoms in total. The first kappa shape index (κ1) is 11.6. The third kappa shape index (κ3) is 1.86. The highest BCUT2D eigenvalue weighted by molar-refractivity contribution is 6.05. The standard InChI is InChI=1S/C12H20N2O2/c13-7-4-8-14-10(15)9-12(11(14)16)5-2-1-3-6-12/h1-9,13H2. The lowest BCUT2D eigenvalue weighted by molar-refractivity contribution is -0.142. The molecule has 0 atom stereocenters. The smallest absolute Gasteiger partial charge is 0.235 e. The molecule has 0 aromatic rings. The molecule has 0 aromatic heterocycles. The predicted octanol–water partition coefficient (Wildman–Crippen LogP) is 1.04. The molecule has 90 valence electrons. The van der Waals surface area contributed by atoms with E-state index in [2.05, 4.69) is 0 Å². The van der Waals surface area contributed by atoms with Crippen molar-refractivity contribution in [2.75, 3.05) is 13.1 Å². The molecule has 2 amide bonds. The minimum Gasteiger partial charge on any atom is -0.330 e. The third-order valence-electron chi connectivity index (χ3n) is 3.89. The summed E-state index contributed by atoms with van der Waals surface area (Å²) in [7, 11) is 0. The summed E-state index contributed by atoms with van der Waals surface area (Å²) in [6, 6.07) is 0. The van der Waals surface area contributed by atoms with Gasteiger partial charge in [-0.3, -0.25) is 14.5 Å². The fourth-order valence-electron chi connectivity index (χ4n) is 2.95. The maximum absolute atomic E-state index is 12.3. The molecule has 2 aliphatic rings. The summed E-state index contributed by atoms with van der Waals surface area (Å²) in [6.45, 7) is 1.04. The van der Waals surface area contributed by atoms with Crippen LogP contribution in [0.2, 0.25) is 0 Å². The topological polar surface area (TPSA) is 63.4 Å². The Kier molecular flexibility index (Phi) is 3.28. The molecule has 1 saturated carbocycles. The highest BCUT2D eigenvalue weighted by Crippen LogP contribution is 2.45. The molecular formula is C12H20N2O2. The van der Waals surface area contributed by atoms with E-state index in [0.717, 1.165) is 25.7 Å². The Morgan fingerprint density at radius 2 is 1.88 bits per heavy atom. The minimum atomic E-state index is -0.329. The molecule has 0 radical (unpaired) electrons. The Morgan fingerprint density at radius 1 is 1.19 bits per heavy atom. The number of nitrogens with zero attached hydrogens (tertiary/aromatic N) is 1. The first-order valence-electron chi connectivity index (χ1n) is 6.24. The number of imide groups is 1. The van der Waals surface area contributed by atoms with E-state index in [1.807, 2.05) is 0 Å². The van der Waals surface area contributed by atoms with Gasteiger partial charge in [0.1, 0.15) is 0 Å². The van der Waals surface area contributed by atoms with E-state index < -0.39 is 0 Å². The van der Waals surface area contributed by atoms with Gasteiger partial charge in [0.05, 0.1) is 5.41 Å². The van der Waals surface area contributed by atoms with E-state index in [9.17, 15) is 9.59 Å². The second kappa shape index (κ2) is 4.53. The van der Waals surface area contributed by atoms with Crippen LogP contribution in [0.3, 0.4) is 0 Å². The summed E-state index contributed by atoms with van der Waals surface area (Å²) in [6.07, 6.45) is 6.33. The van der Waals surface area contributed by atoms with Crippen molar-refractivity contribution in [2.24, 2.45) is 11.1 Å². The van der Waals surface area contributed by atoms with Gasteiger partial charge in [0.2, 0.25) is 11.8 Å². The Labute approximate surface area is 96.2 Å². The van der Waals surface area contributed by atoms with Gasteiger partial charge < -0.3 is 5.73 Å². The van der Waals surface area contributed by atoms with Crippen molar-refractivity contribution in [3.63, 3.8) is 0 Å². The van der Waals surface area contributed by atoms with Crippen LogP contribution in [0.5, 0.6) is 0 Å². The van der Waals surface area contributed by atoms with Crippen LogP contribution in [0.1, 0.15) is 44.9 Å². The second-order valence-corrected chi connectivity index (χ2v) is 5.01. The van der Waals surface area contributed by atoms with Gasteiger partial charge in [-0.05, 0) is 25.8 Å². The Morgan fingerprint density at radius 3 is 2.50 bits per heavy atom. The molecule has 1 aliphatic carbocycles. The van der Waals surface area contributed by atoms with Gasteiger partial charge in [-0.15, -0.1) is 0 Å². The highest BCUT2D eigenvalue weighted by Gasteiger charge is 2.50. The number of carbonyl (C=O) groups is 2. The molecule has 4 heteroatoms. The van der Waals surface area contributed by atoms with Crippen molar-refractivity contribution in [1.29, 1.82) is 0 Å². The first-order chi connectivity index (χ1) is 7.69. The molecule has 0 aromatic carbocycles. The van der Waals surface area contributed by atoms with Crippen molar-refractivity contribution in [2.45, 2.75) is 44.9 Å². The average molecular weight is 224 g/mol. The molecule has 16 heavy (non-hydrogen) atoms. The van der Waals surface area contributed by atoms with E-state index in [0.29, 0.717) is 25.9 Å². The molecule has 1 spiro atoms. The quantitative estimate of drug-likeness (QED) is 0.729. The number of rotatable bonds is 3. The number of nitrogens with two attached hydrogens (primary N) is 1. The minimum absolute atomic E-state index is 0.0142. The summed E-state index contributed by atoms with van der Waals surface area (Å²) >= 11 is 0. The van der Waals surface area contributed by atoms with E-state index in [4.69, 9.17) is 5.73 Å². The van der Waals surface area contributed by atoms with Crippen molar-refractivity contribution >= 4 is 11.8 Å². The fraction of sp³-hybridized carbons (Fsp3) is 0.833. The Balaban J connectivity index is 2.08. The van der Waals surface area contributed by atoms with Crippen LogP contribution < -0.4 is 5.73 Å². The maximum atomic E-state index is 12.3. The SMILES string of the molecule is NCCCN1C(=O)CC2(CCCCC2)C1=O. The summed E-state index contributed by atoms with van der Waals surface area (Å²) < 4.78 is 0. The molecule has 2 N–H and O–H groups in total. The molecule has 0 bridgehead atoms. The van der Waals surface area contributed by atoms with E-state index in [1.54, 1.807) is 0 Å². The lowest BCUT2D eigenvalue weighted by Crippen LogP contribution is -2.37. The lowest BCUT2D eigenvalue weighted by Gasteiger charge is -2.30. The molecule has 1 heterocycles. The maximum Gasteiger partial charge on any atom is 0.235 e. The average Bonchev–Trinajstić information content (AvgIpc) is 2.50. The Bertz CT molecular complexity index is 295. The largest absolute Gasteiger partial charge is 0.330 e. The third-order valence-corrected chi connectivity index (χ3v) is 3.89. The summed E-state index contributed by atoms with van der Waals surface area (Å²) in [4.78, 5) is 25.5. The predicted molar refractivity (Wildman–Crippen MR) is 60.5 cm³/mol. The number of hydrogen-bond donors (Lipinski definition) is 1. The van der Waals surface area contributed by atoms with Gasteiger partial charge in [0, 0.05) is 13.0 Å². The molecule has 1 saturated heterocycles. The monoisotopic (exact) mass is 224 g/mol. The summed E-state index contributed by atoms with van der Waals surface area (Å²) in [5.41, 5.74) is 5.09. The van der Waals surface area contributed by atoms with Gasteiger partial charge in [-0.25, -0.2) is 0 Å². The normalized spacial score (nSPS) is 24.4. The number of amides is 2. The van der Waals surface area contributed by atoms with Crippen LogP contribution in [0.25, 0.3) is 0 Å². The zero-order chi connectivity index (χ0) is 11.6. The van der Waals surface area contributed by atoms with Crippen LogP contribution in [-0.2, 0) is 9.59 Å². The van der Waals surface area contributed by atoms with Crippen LogP contribution in [0.15, 0.2) is 0 Å². The van der Waals surface area contributed by atoms with E-state index in [1.165, 1.54) is 11.3 Å². The van der Waals surface area contributed by atoms with E-state index in [-0.39, 0.29) is 17.2 Å². The molecule has 1 aliphatic heterocycles. The van der Waals surface area contributed by atoms with E-state index >= 15 is 0 Å². The fourth-order valence-corrected chi connectivity index (χ4v) is 2.95. The van der Waals surface area contributed by atoms with Crippen LogP contribution in [0, 0.1) is 5.41 Å². The van der Waals surface area contributed by atoms with Crippen molar-refractivity contribution in [1.82, 2.24) is 4.90 Å². The molecule has 2 rings (SSSR count). The van der Waals surface area contributed by atoms with Crippen LogP contribution >= 0.6 is 0 Å². The molecule has 2 fully saturated rings. The Hall–Kier alpha value is -0.900. The zero-order valence-corrected chi connectivity index (χ0v) is 9.71. The van der Waals surface area contributed by atoms with Crippen molar-refractivity contribution < 1.29 is 9.59 Å². The van der Waals surface area contributed by atoms with Crippen molar-refractivity contribution in [3.8, 4) is 0 Å². The van der Waals surface area contributed by atoms with Gasteiger partial charge in [0.25, 0.3) is 0 Å². The van der Waals surface area contributed by atoms with Crippen LogP contribution in [-0.4, -0.2) is 29.8 Å². The molecular weight excluding hydrogens is 204 g/mol. The number of hydrogen-bond acceptors (Lipinski definition) is 3. The highest BCUT2D eigenvalue weighted by atomic mass is 16.2.